The summed E-state index contributed by atoms with van der Waals surface area (Å²) in [5.74, 6) is 0.135. The maximum atomic E-state index is 11.9. The molecule has 2 aromatic rings. The van der Waals surface area contributed by atoms with Gasteiger partial charge in [-0.15, -0.1) is 0 Å². The third-order valence-electron chi connectivity index (χ3n) is 3.51. The van der Waals surface area contributed by atoms with Crippen LogP contribution in [0.5, 0.6) is 0 Å². The number of aliphatic hydroxyl groups is 1. The number of fused-ring (bicyclic) bond motifs is 1. The Balaban J connectivity index is 1.99. The van der Waals surface area contributed by atoms with Gasteiger partial charge in [-0.1, -0.05) is 0 Å². The van der Waals surface area contributed by atoms with Crippen LogP contribution in [0, 0.1) is 5.92 Å². The van der Waals surface area contributed by atoms with Crippen molar-refractivity contribution in [3.63, 3.8) is 0 Å². The molecule has 0 saturated carbocycles. The summed E-state index contributed by atoms with van der Waals surface area (Å²) in [6.07, 6.45) is 2.24. The summed E-state index contributed by atoms with van der Waals surface area (Å²) in [5, 5.41) is 14.4. The zero-order valence-electron chi connectivity index (χ0n) is 10.2. The fourth-order valence-corrected chi connectivity index (χ4v) is 2.45. The largest absolute Gasteiger partial charge is 0.396 e. The lowest BCUT2D eigenvalue weighted by Gasteiger charge is -2.16. The van der Waals surface area contributed by atoms with Gasteiger partial charge in [-0.2, -0.15) is 5.10 Å². The number of benzene rings is 1. The van der Waals surface area contributed by atoms with E-state index in [0.717, 1.165) is 16.6 Å². The first-order valence-corrected chi connectivity index (χ1v) is 6.02. The average molecular weight is 245 g/mol. The molecule has 1 N–H and O–H groups in total. The molecule has 0 spiro atoms. The first-order chi connectivity index (χ1) is 8.69. The van der Waals surface area contributed by atoms with Crippen molar-refractivity contribution in [3.05, 3.63) is 24.4 Å². The van der Waals surface area contributed by atoms with Crippen molar-refractivity contribution in [2.24, 2.45) is 13.0 Å². The summed E-state index contributed by atoms with van der Waals surface area (Å²) in [6, 6.07) is 5.87. The van der Waals surface area contributed by atoms with Crippen molar-refractivity contribution < 1.29 is 9.90 Å². The predicted molar refractivity (Wildman–Crippen MR) is 68.3 cm³/mol. The number of carbonyl (C=O) groups excluding carboxylic acids is 1. The molecule has 1 atom stereocenters. The highest BCUT2D eigenvalue weighted by Crippen LogP contribution is 2.27. The van der Waals surface area contributed by atoms with Crippen LogP contribution in [0.3, 0.4) is 0 Å². The van der Waals surface area contributed by atoms with E-state index < -0.39 is 0 Å². The van der Waals surface area contributed by atoms with Gasteiger partial charge in [0.25, 0.3) is 0 Å². The molecular formula is C13H15N3O2. The van der Waals surface area contributed by atoms with Gasteiger partial charge in [0.05, 0.1) is 11.7 Å². The van der Waals surface area contributed by atoms with Crippen LogP contribution in [-0.4, -0.2) is 33.9 Å². The molecule has 2 heterocycles. The molecule has 5 nitrogen and oxygen atoms in total. The highest BCUT2D eigenvalue weighted by molar-refractivity contribution is 5.97. The number of rotatable bonds is 2. The van der Waals surface area contributed by atoms with E-state index in [1.165, 1.54) is 0 Å². The molecule has 1 fully saturated rings. The van der Waals surface area contributed by atoms with Gasteiger partial charge in [-0.05, 0) is 18.2 Å². The number of hydrogen-bond acceptors (Lipinski definition) is 3. The summed E-state index contributed by atoms with van der Waals surface area (Å²) in [6.45, 7) is 0.662. The maximum Gasteiger partial charge on any atom is 0.227 e. The van der Waals surface area contributed by atoms with Gasteiger partial charge in [0.1, 0.15) is 0 Å². The van der Waals surface area contributed by atoms with Gasteiger partial charge in [0.2, 0.25) is 5.91 Å². The summed E-state index contributed by atoms with van der Waals surface area (Å²) in [7, 11) is 1.88. The van der Waals surface area contributed by atoms with E-state index in [0.29, 0.717) is 13.0 Å². The lowest BCUT2D eigenvalue weighted by molar-refractivity contribution is -0.117. The van der Waals surface area contributed by atoms with Crippen LogP contribution in [0.2, 0.25) is 0 Å². The Morgan fingerprint density at radius 3 is 3.06 bits per heavy atom. The quantitative estimate of drug-likeness (QED) is 0.856. The second-order valence-electron chi connectivity index (χ2n) is 4.77. The first kappa shape index (κ1) is 11.2. The van der Waals surface area contributed by atoms with Crippen molar-refractivity contribution in [2.75, 3.05) is 18.1 Å². The van der Waals surface area contributed by atoms with Crippen LogP contribution in [0.4, 0.5) is 5.69 Å². The van der Waals surface area contributed by atoms with E-state index in [9.17, 15) is 4.79 Å². The molecule has 0 radical (unpaired) electrons. The van der Waals surface area contributed by atoms with Crippen molar-refractivity contribution >= 4 is 22.5 Å². The Morgan fingerprint density at radius 2 is 2.33 bits per heavy atom. The molecule has 1 amide bonds. The Kier molecular flexibility index (Phi) is 2.56. The Bertz CT molecular complexity index is 605. The summed E-state index contributed by atoms with van der Waals surface area (Å²) in [4.78, 5) is 13.6. The minimum absolute atomic E-state index is 0.0553. The summed E-state index contributed by atoms with van der Waals surface area (Å²) >= 11 is 0. The fourth-order valence-electron chi connectivity index (χ4n) is 2.45. The zero-order chi connectivity index (χ0) is 12.7. The molecule has 1 aromatic heterocycles. The van der Waals surface area contributed by atoms with Crippen molar-refractivity contribution in [1.29, 1.82) is 0 Å². The summed E-state index contributed by atoms with van der Waals surface area (Å²) < 4.78 is 1.79. The number of carbonyl (C=O) groups is 1. The molecule has 1 aliphatic rings. The minimum atomic E-state index is 0.0553. The number of anilines is 1. The number of amides is 1. The number of nitrogens with zero attached hydrogens (tertiary/aromatic N) is 3. The molecule has 1 aromatic carbocycles. The van der Waals surface area contributed by atoms with E-state index >= 15 is 0 Å². The lowest BCUT2D eigenvalue weighted by Crippen LogP contribution is -2.24. The molecule has 94 valence electrons. The van der Waals surface area contributed by atoms with E-state index in [-0.39, 0.29) is 18.4 Å². The average Bonchev–Trinajstić information content (AvgIpc) is 2.93. The van der Waals surface area contributed by atoms with Crippen molar-refractivity contribution in [2.45, 2.75) is 6.42 Å². The van der Waals surface area contributed by atoms with E-state index in [1.54, 1.807) is 15.8 Å². The van der Waals surface area contributed by atoms with Gasteiger partial charge in [0, 0.05) is 43.6 Å². The molecule has 1 aliphatic heterocycles. The van der Waals surface area contributed by atoms with Crippen LogP contribution < -0.4 is 4.90 Å². The maximum absolute atomic E-state index is 11.9. The number of aliphatic hydroxyl groups excluding tert-OH is 1. The van der Waals surface area contributed by atoms with E-state index in [1.807, 2.05) is 25.2 Å². The Morgan fingerprint density at radius 1 is 1.50 bits per heavy atom. The fraction of sp³-hybridized carbons (Fsp3) is 0.385. The molecule has 3 rings (SSSR count). The number of aryl methyl sites for hydroxylation is 1. The SMILES string of the molecule is Cn1ncc2ccc(N3CC(CO)CC3=O)cc21. The van der Waals surface area contributed by atoms with Gasteiger partial charge in [-0.3, -0.25) is 9.48 Å². The van der Waals surface area contributed by atoms with Gasteiger partial charge >= 0.3 is 0 Å². The Hall–Kier alpha value is -1.88. The topological polar surface area (TPSA) is 58.4 Å². The third kappa shape index (κ3) is 1.67. The van der Waals surface area contributed by atoms with E-state index in [2.05, 4.69) is 5.10 Å². The molecule has 5 heteroatoms. The minimum Gasteiger partial charge on any atom is -0.396 e. The molecule has 0 bridgehead atoms. The predicted octanol–water partition coefficient (Wildman–Crippen LogP) is 0.918. The van der Waals surface area contributed by atoms with Crippen LogP contribution in [-0.2, 0) is 11.8 Å². The van der Waals surface area contributed by atoms with Gasteiger partial charge in [0.15, 0.2) is 0 Å². The number of hydrogen-bond donors (Lipinski definition) is 1. The van der Waals surface area contributed by atoms with Crippen molar-refractivity contribution in [3.8, 4) is 0 Å². The van der Waals surface area contributed by atoms with Crippen LogP contribution in [0.15, 0.2) is 24.4 Å². The monoisotopic (exact) mass is 245 g/mol. The summed E-state index contributed by atoms with van der Waals surface area (Å²) in [5.41, 5.74) is 1.89. The second kappa shape index (κ2) is 4.10. The van der Waals surface area contributed by atoms with Gasteiger partial charge in [-0.25, -0.2) is 0 Å². The number of aromatic nitrogens is 2. The second-order valence-corrected chi connectivity index (χ2v) is 4.77. The molecule has 18 heavy (non-hydrogen) atoms. The highest BCUT2D eigenvalue weighted by atomic mass is 16.3. The highest BCUT2D eigenvalue weighted by Gasteiger charge is 2.30. The van der Waals surface area contributed by atoms with Crippen LogP contribution in [0.1, 0.15) is 6.42 Å². The van der Waals surface area contributed by atoms with E-state index in [4.69, 9.17) is 5.11 Å². The molecule has 0 aliphatic carbocycles. The van der Waals surface area contributed by atoms with Gasteiger partial charge < -0.3 is 10.0 Å². The van der Waals surface area contributed by atoms with Crippen LogP contribution >= 0.6 is 0 Å². The normalized spacial score (nSPS) is 20.0. The molecule has 1 unspecified atom stereocenters. The molecule has 1 saturated heterocycles. The standard InChI is InChI=1S/C13H15N3O2/c1-15-12-5-11(3-2-10(12)6-14-15)16-7-9(8-17)4-13(16)18/h2-3,5-6,9,17H,4,7-8H2,1H3. The lowest BCUT2D eigenvalue weighted by atomic mass is 10.1. The zero-order valence-corrected chi connectivity index (χ0v) is 10.2. The van der Waals surface area contributed by atoms with Crippen LogP contribution in [0.25, 0.3) is 10.9 Å². The first-order valence-electron chi connectivity index (χ1n) is 6.02. The van der Waals surface area contributed by atoms with Crippen molar-refractivity contribution in [1.82, 2.24) is 9.78 Å². The smallest absolute Gasteiger partial charge is 0.227 e. The molecular weight excluding hydrogens is 230 g/mol. The third-order valence-corrected chi connectivity index (χ3v) is 3.51. The Labute approximate surface area is 105 Å².